The molecule has 1 atom stereocenters. The normalized spacial score (nSPS) is 16.4. The van der Waals surface area contributed by atoms with Crippen molar-refractivity contribution < 1.29 is 13.2 Å². The van der Waals surface area contributed by atoms with E-state index in [1.807, 2.05) is 13.0 Å². The molecule has 1 saturated heterocycles. The van der Waals surface area contributed by atoms with E-state index in [1.54, 1.807) is 4.90 Å². The molecule has 0 radical (unpaired) electrons. The fraction of sp³-hybridized carbons (Fsp3) is 0.600. The lowest BCUT2D eigenvalue weighted by Crippen LogP contribution is -2.54. The molecule has 1 aromatic rings. The van der Waals surface area contributed by atoms with Gasteiger partial charge in [-0.3, -0.25) is 0 Å². The monoisotopic (exact) mass is 406 g/mol. The minimum Gasteiger partial charge on any atom is -0.336 e. The van der Waals surface area contributed by atoms with E-state index in [2.05, 4.69) is 12.2 Å². The molecule has 1 fully saturated rings. The largest absolute Gasteiger partial charge is 0.336 e. The second kappa shape index (κ2) is 10.4. The third-order valence-electron chi connectivity index (χ3n) is 5.01. The van der Waals surface area contributed by atoms with Gasteiger partial charge in [-0.05, 0) is 37.6 Å². The highest BCUT2D eigenvalue weighted by Gasteiger charge is 2.30. The van der Waals surface area contributed by atoms with Gasteiger partial charge in [0.05, 0.1) is 16.5 Å². The third-order valence-corrected chi connectivity index (χ3v) is 6.92. The van der Waals surface area contributed by atoms with Crippen molar-refractivity contribution in [1.82, 2.24) is 14.5 Å². The molecular formula is C20H30N4O3S. The van der Waals surface area contributed by atoms with Crippen molar-refractivity contribution in [3.8, 4) is 6.07 Å². The Kier molecular flexibility index (Phi) is 8.27. The standard InChI is InChI=1S/C20H30N4O3S/c1-3-4-5-6-7-17(2)22-20(25)23-12-14-24(15-13-23)28(26,27)19-10-8-18(16-21)9-11-19/h8-11,17H,3-7,12-15H2,1-2H3,(H,22,25). The van der Waals surface area contributed by atoms with E-state index >= 15 is 0 Å². The van der Waals surface area contributed by atoms with E-state index in [1.165, 1.54) is 47.8 Å². The van der Waals surface area contributed by atoms with Crippen LogP contribution in [0.1, 0.15) is 51.5 Å². The molecule has 8 heteroatoms. The Bertz CT molecular complexity index is 779. The molecular weight excluding hydrogens is 376 g/mol. The second-order valence-corrected chi connectivity index (χ2v) is 9.17. The maximum atomic E-state index is 12.7. The van der Waals surface area contributed by atoms with Crippen LogP contribution < -0.4 is 5.32 Å². The van der Waals surface area contributed by atoms with Crippen LogP contribution in [0.4, 0.5) is 4.79 Å². The lowest BCUT2D eigenvalue weighted by Gasteiger charge is -2.34. The Hall–Kier alpha value is -2.11. The lowest BCUT2D eigenvalue weighted by molar-refractivity contribution is 0.169. The molecule has 0 saturated carbocycles. The van der Waals surface area contributed by atoms with Gasteiger partial charge in [-0.25, -0.2) is 13.2 Å². The van der Waals surface area contributed by atoms with E-state index in [0.717, 1.165) is 12.8 Å². The number of sulfonamides is 1. The zero-order valence-corrected chi connectivity index (χ0v) is 17.5. The fourth-order valence-corrected chi connectivity index (χ4v) is 4.66. The molecule has 7 nitrogen and oxygen atoms in total. The molecule has 28 heavy (non-hydrogen) atoms. The van der Waals surface area contributed by atoms with Crippen molar-refractivity contribution in [3.05, 3.63) is 29.8 Å². The van der Waals surface area contributed by atoms with Crippen LogP contribution in [-0.4, -0.2) is 55.9 Å². The number of unbranched alkanes of at least 4 members (excludes halogenated alkanes) is 3. The Morgan fingerprint density at radius 2 is 1.79 bits per heavy atom. The first kappa shape index (κ1) is 22.2. The van der Waals surface area contributed by atoms with Crippen molar-refractivity contribution in [2.75, 3.05) is 26.2 Å². The summed E-state index contributed by atoms with van der Waals surface area (Å²) in [7, 11) is -3.61. The highest BCUT2D eigenvalue weighted by atomic mass is 32.2. The van der Waals surface area contributed by atoms with Crippen LogP contribution in [0, 0.1) is 11.3 Å². The number of nitrogens with zero attached hydrogens (tertiary/aromatic N) is 3. The smallest absolute Gasteiger partial charge is 0.317 e. The number of nitrogens with one attached hydrogen (secondary N) is 1. The van der Waals surface area contributed by atoms with Crippen LogP contribution in [0.2, 0.25) is 0 Å². The van der Waals surface area contributed by atoms with Gasteiger partial charge in [-0.1, -0.05) is 32.6 Å². The molecule has 1 heterocycles. The van der Waals surface area contributed by atoms with Crippen LogP contribution in [0.15, 0.2) is 29.2 Å². The molecule has 1 aliphatic heterocycles. The summed E-state index contributed by atoms with van der Waals surface area (Å²) in [5, 5.41) is 11.9. The SMILES string of the molecule is CCCCCCC(C)NC(=O)N1CCN(S(=O)(=O)c2ccc(C#N)cc2)CC1. The maximum Gasteiger partial charge on any atom is 0.317 e. The summed E-state index contributed by atoms with van der Waals surface area (Å²) in [5.74, 6) is 0. The number of rotatable bonds is 8. The van der Waals surface area contributed by atoms with Gasteiger partial charge in [-0.15, -0.1) is 0 Å². The average Bonchev–Trinajstić information content (AvgIpc) is 2.71. The molecule has 2 amide bonds. The Morgan fingerprint density at radius 1 is 1.14 bits per heavy atom. The van der Waals surface area contributed by atoms with Gasteiger partial charge in [-0.2, -0.15) is 9.57 Å². The van der Waals surface area contributed by atoms with Crippen LogP contribution in [0.5, 0.6) is 0 Å². The van der Waals surface area contributed by atoms with Gasteiger partial charge < -0.3 is 10.2 Å². The zero-order chi connectivity index (χ0) is 20.6. The quantitative estimate of drug-likeness (QED) is 0.672. The predicted molar refractivity (Wildman–Crippen MR) is 108 cm³/mol. The number of benzene rings is 1. The fourth-order valence-electron chi connectivity index (χ4n) is 3.23. The third kappa shape index (κ3) is 5.94. The highest BCUT2D eigenvalue weighted by Crippen LogP contribution is 2.18. The Morgan fingerprint density at radius 3 is 2.36 bits per heavy atom. The molecule has 1 aromatic carbocycles. The molecule has 0 spiro atoms. The summed E-state index contributed by atoms with van der Waals surface area (Å²) in [6.45, 7) is 5.44. The predicted octanol–water partition coefficient (Wildman–Crippen LogP) is 2.93. The van der Waals surface area contributed by atoms with E-state index in [4.69, 9.17) is 5.26 Å². The Balaban J connectivity index is 1.84. The van der Waals surface area contributed by atoms with Crippen molar-refractivity contribution in [3.63, 3.8) is 0 Å². The summed E-state index contributed by atoms with van der Waals surface area (Å²) in [5.41, 5.74) is 0.421. The van der Waals surface area contributed by atoms with Gasteiger partial charge in [0.2, 0.25) is 10.0 Å². The van der Waals surface area contributed by atoms with Crippen LogP contribution >= 0.6 is 0 Å². The number of urea groups is 1. The number of hydrogen-bond donors (Lipinski definition) is 1. The first-order valence-corrected chi connectivity index (χ1v) is 11.4. The number of amides is 2. The first-order chi connectivity index (χ1) is 13.4. The maximum absolute atomic E-state index is 12.7. The summed E-state index contributed by atoms with van der Waals surface area (Å²) in [6, 6.07) is 7.87. The molecule has 0 aromatic heterocycles. The summed E-state index contributed by atoms with van der Waals surface area (Å²) in [6.07, 6.45) is 5.65. The molecule has 2 rings (SSSR count). The number of piperazine rings is 1. The van der Waals surface area contributed by atoms with Crippen LogP contribution in [-0.2, 0) is 10.0 Å². The highest BCUT2D eigenvalue weighted by molar-refractivity contribution is 7.89. The van der Waals surface area contributed by atoms with Crippen molar-refractivity contribution in [2.24, 2.45) is 0 Å². The van der Waals surface area contributed by atoms with Crippen LogP contribution in [0.3, 0.4) is 0 Å². The molecule has 1 aliphatic rings. The summed E-state index contributed by atoms with van der Waals surface area (Å²) >= 11 is 0. The van der Waals surface area contributed by atoms with E-state index in [0.29, 0.717) is 18.7 Å². The molecule has 0 aliphatic carbocycles. The van der Waals surface area contributed by atoms with Gasteiger partial charge in [0.15, 0.2) is 0 Å². The minimum atomic E-state index is -3.61. The van der Waals surface area contributed by atoms with Crippen LogP contribution in [0.25, 0.3) is 0 Å². The van der Waals surface area contributed by atoms with Crippen molar-refractivity contribution in [1.29, 1.82) is 5.26 Å². The summed E-state index contributed by atoms with van der Waals surface area (Å²) < 4.78 is 26.9. The van der Waals surface area contributed by atoms with E-state index in [-0.39, 0.29) is 30.1 Å². The average molecular weight is 407 g/mol. The zero-order valence-electron chi connectivity index (χ0n) is 16.7. The Labute approximate surface area is 168 Å². The van der Waals surface area contributed by atoms with E-state index < -0.39 is 10.0 Å². The summed E-state index contributed by atoms with van der Waals surface area (Å²) in [4.78, 5) is 14.3. The van der Waals surface area contributed by atoms with Crippen molar-refractivity contribution >= 4 is 16.1 Å². The van der Waals surface area contributed by atoms with Gasteiger partial charge in [0, 0.05) is 32.2 Å². The number of carbonyl (C=O) groups is 1. The minimum absolute atomic E-state index is 0.116. The van der Waals surface area contributed by atoms with Gasteiger partial charge in [0.1, 0.15) is 0 Å². The van der Waals surface area contributed by atoms with E-state index in [9.17, 15) is 13.2 Å². The second-order valence-electron chi connectivity index (χ2n) is 7.23. The van der Waals surface area contributed by atoms with Gasteiger partial charge >= 0.3 is 6.03 Å². The topological polar surface area (TPSA) is 93.5 Å². The number of hydrogen-bond acceptors (Lipinski definition) is 4. The molecule has 0 bridgehead atoms. The number of nitriles is 1. The molecule has 1 unspecified atom stereocenters. The number of carbonyl (C=O) groups excluding carboxylic acids is 1. The molecule has 1 N–H and O–H groups in total. The first-order valence-electron chi connectivity index (χ1n) is 9.94. The van der Waals surface area contributed by atoms with Crippen molar-refractivity contribution in [2.45, 2.75) is 56.9 Å². The lowest BCUT2D eigenvalue weighted by atomic mass is 10.1. The van der Waals surface area contributed by atoms with Gasteiger partial charge in [0.25, 0.3) is 0 Å². The molecule has 154 valence electrons.